The van der Waals surface area contributed by atoms with Gasteiger partial charge in [0, 0.05) is 16.4 Å². The fraction of sp³-hybridized carbons (Fsp3) is 0.118. The highest BCUT2D eigenvalue weighted by atomic mass is 35.5. The Balaban J connectivity index is 1.71. The summed E-state index contributed by atoms with van der Waals surface area (Å²) < 4.78 is 0. The molecule has 0 saturated heterocycles. The molecule has 0 spiro atoms. The van der Waals surface area contributed by atoms with Crippen LogP contribution in [0.5, 0.6) is 0 Å². The van der Waals surface area contributed by atoms with Crippen LogP contribution in [-0.4, -0.2) is 23.8 Å². The summed E-state index contributed by atoms with van der Waals surface area (Å²) in [5.41, 5.74) is 1.37. The number of benzene rings is 2. The number of carbonyl (C=O) groups is 2. The number of anilines is 2. The van der Waals surface area contributed by atoms with Crippen LogP contribution in [0.15, 0.2) is 59.6 Å². The van der Waals surface area contributed by atoms with Gasteiger partial charge in [-0.25, -0.2) is 4.99 Å². The molecule has 2 aromatic carbocycles. The number of hydrogen-bond donors (Lipinski definition) is 3. The zero-order valence-corrected chi connectivity index (χ0v) is 13.4. The fourth-order valence-electron chi connectivity index (χ4n) is 2.22. The fourth-order valence-corrected chi connectivity index (χ4v) is 2.35. The van der Waals surface area contributed by atoms with E-state index in [4.69, 9.17) is 11.6 Å². The second kappa shape index (κ2) is 7.14. The first kappa shape index (κ1) is 16.0. The van der Waals surface area contributed by atoms with E-state index in [1.807, 2.05) is 30.3 Å². The Morgan fingerprint density at radius 1 is 1.08 bits per heavy atom. The molecule has 2 aromatic rings. The van der Waals surface area contributed by atoms with E-state index in [1.165, 1.54) is 0 Å². The highest BCUT2D eigenvalue weighted by molar-refractivity contribution is 6.30. The largest absolute Gasteiger partial charge is 0.326 e. The molecule has 7 heteroatoms. The van der Waals surface area contributed by atoms with Crippen molar-refractivity contribution in [3.8, 4) is 0 Å². The number of halogens is 1. The van der Waals surface area contributed by atoms with E-state index < -0.39 is 6.04 Å². The summed E-state index contributed by atoms with van der Waals surface area (Å²) in [6.07, 6.45) is -0.000602. The molecule has 1 unspecified atom stereocenters. The van der Waals surface area contributed by atoms with Crippen molar-refractivity contribution >= 4 is 40.7 Å². The zero-order chi connectivity index (χ0) is 16.9. The number of carbonyl (C=O) groups excluding carboxylic acids is 2. The smallest absolute Gasteiger partial charge is 0.249 e. The van der Waals surface area contributed by atoms with Crippen molar-refractivity contribution in [2.75, 3.05) is 10.6 Å². The molecule has 2 amide bonds. The van der Waals surface area contributed by atoms with Gasteiger partial charge in [-0.05, 0) is 36.4 Å². The van der Waals surface area contributed by atoms with Crippen LogP contribution in [0.25, 0.3) is 0 Å². The topological polar surface area (TPSA) is 82.6 Å². The molecule has 1 heterocycles. The Kier molecular flexibility index (Phi) is 4.77. The van der Waals surface area contributed by atoms with E-state index in [1.54, 1.807) is 24.3 Å². The average molecular weight is 343 g/mol. The number of nitrogens with one attached hydrogen (secondary N) is 3. The molecule has 0 saturated carbocycles. The molecule has 1 atom stereocenters. The van der Waals surface area contributed by atoms with Gasteiger partial charge in [0.1, 0.15) is 6.04 Å². The van der Waals surface area contributed by atoms with Crippen molar-refractivity contribution in [3.05, 3.63) is 59.6 Å². The minimum Gasteiger partial charge on any atom is -0.326 e. The molecule has 0 fully saturated rings. The number of hydrogen-bond acceptors (Lipinski definition) is 4. The monoisotopic (exact) mass is 342 g/mol. The summed E-state index contributed by atoms with van der Waals surface area (Å²) in [5, 5.41) is 8.92. The first-order chi connectivity index (χ1) is 11.6. The van der Waals surface area contributed by atoms with Crippen LogP contribution in [0, 0.1) is 0 Å². The second-order valence-corrected chi connectivity index (χ2v) is 5.67. The minimum atomic E-state index is -0.791. The normalized spacial score (nSPS) is 16.8. The van der Waals surface area contributed by atoms with Crippen molar-refractivity contribution in [2.24, 2.45) is 4.99 Å². The molecule has 0 aromatic heterocycles. The summed E-state index contributed by atoms with van der Waals surface area (Å²) in [5.74, 6) is -0.354. The maximum Gasteiger partial charge on any atom is 0.249 e. The summed E-state index contributed by atoms with van der Waals surface area (Å²) in [7, 11) is 0. The molecule has 122 valence electrons. The van der Waals surface area contributed by atoms with Gasteiger partial charge < -0.3 is 10.6 Å². The van der Waals surface area contributed by atoms with Crippen LogP contribution < -0.4 is 16.0 Å². The van der Waals surface area contributed by atoms with Gasteiger partial charge in [0.25, 0.3) is 0 Å². The van der Waals surface area contributed by atoms with Crippen molar-refractivity contribution in [2.45, 2.75) is 12.5 Å². The molecule has 6 nitrogen and oxygen atoms in total. The Hall–Kier alpha value is -2.86. The third kappa shape index (κ3) is 4.11. The van der Waals surface area contributed by atoms with Crippen molar-refractivity contribution in [1.82, 2.24) is 5.32 Å². The highest BCUT2D eigenvalue weighted by Crippen LogP contribution is 2.15. The van der Waals surface area contributed by atoms with Gasteiger partial charge in [-0.15, -0.1) is 0 Å². The number of aliphatic imine (C=N–C) groups is 1. The zero-order valence-electron chi connectivity index (χ0n) is 12.6. The van der Waals surface area contributed by atoms with Crippen molar-refractivity contribution in [3.63, 3.8) is 0 Å². The molecular weight excluding hydrogens is 328 g/mol. The Labute approximate surface area is 143 Å². The minimum absolute atomic E-state index is 0.000602. The molecule has 1 aliphatic rings. The quantitative estimate of drug-likeness (QED) is 0.802. The number of amides is 2. The summed E-state index contributed by atoms with van der Waals surface area (Å²) in [4.78, 5) is 28.5. The third-order valence-electron chi connectivity index (χ3n) is 3.37. The lowest BCUT2D eigenvalue weighted by atomic mass is 10.1. The van der Waals surface area contributed by atoms with Gasteiger partial charge in [-0.3, -0.25) is 14.9 Å². The molecule has 0 bridgehead atoms. The van der Waals surface area contributed by atoms with Gasteiger partial charge in [-0.1, -0.05) is 29.8 Å². The van der Waals surface area contributed by atoms with Crippen molar-refractivity contribution in [1.29, 1.82) is 0 Å². The van der Waals surface area contributed by atoms with Gasteiger partial charge in [0.05, 0.1) is 6.42 Å². The van der Waals surface area contributed by atoms with Crippen LogP contribution >= 0.6 is 11.6 Å². The van der Waals surface area contributed by atoms with E-state index >= 15 is 0 Å². The molecule has 24 heavy (non-hydrogen) atoms. The Bertz CT molecular complexity index is 775. The van der Waals surface area contributed by atoms with Crippen molar-refractivity contribution < 1.29 is 9.59 Å². The standard InChI is InChI=1S/C17H15ClN4O2/c18-11-6-8-13(9-7-11)19-16(24)14-10-15(23)22-17(21-14)20-12-4-2-1-3-5-12/h1-9,14H,10H2,(H,19,24)(H2,20,21,22,23). The van der Waals surface area contributed by atoms with Crippen LogP contribution in [0.1, 0.15) is 6.42 Å². The maximum absolute atomic E-state index is 12.3. The first-order valence-corrected chi connectivity index (χ1v) is 7.74. The average Bonchev–Trinajstić information content (AvgIpc) is 2.57. The van der Waals surface area contributed by atoms with Crippen LogP contribution in [0.2, 0.25) is 5.02 Å². The lowest BCUT2D eigenvalue weighted by molar-refractivity contribution is -0.124. The third-order valence-corrected chi connectivity index (χ3v) is 3.62. The van der Waals surface area contributed by atoms with Crippen LogP contribution in [-0.2, 0) is 9.59 Å². The molecule has 0 radical (unpaired) electrons. The SMILES string of the molecule is O=C1CC(C(=O)Nc2ccc(Cl)cc2)N=C(Nc2ccccc2)N1. The lowest BCUT2D eigenvalue weighted by Crippen LogP contribution is -2.45. The predicted molar refractivity (Wildman–Crippen MR) is 94.1 cm³/mol. The first-order valence-electron chi connectivity index (χ1n) is 7.36. The van der Waals surface area contributed by atoms with Crippen LogP contribution in [0.4, 0.5) is 11.4 Å². The molecular formula is C17H15ClN4O2. The maximum atomic E-state index is 12.3. The summed E-state index contributed by atoms with van der Waals surface area (Å²) in [6.45, 7) is 0. The second-order valence-electron chi connectivity index (χ2n) is 5.23. The molecule has 3 rings (SSSR count). The van der Waals surface area contributed by atoms with Gasteiger partial charge in [0.15, 0.2) is 0 Å². The predicted octanol–water partition coefficient (Wildman–Crippen LogP) is 2.64. The Morgan fingerprint density at radius 3 is 2.50 bits per heavy atom. The lowest BCUT2D eigenvalue weighted by Gasteiger charge is -2.21. The van der Waals surface area contributed by atoms with Gasteiger partial charge in [0.2, 0.25) is 17.8 Å². The van der Waals surface area contributed by atoms with E-state index in [-0.39, 0.29) is 24.2 Å². The highest BCUT2D eigenvalue weighted by Gasteiger charge is 2.27. The number of rotatable bonds is 3. The summed E-state index contributed by atoms with van der Waals surface area (Å²) in [6, 6.07) is 15.2. The van der Waals surface area contributed by atoms with E-state index in [0.717, 1.165) is 5.69 Å². The number of nitrogens with zero attached hydrogens (tertiary/aromatic N) is 1. The molecule has 1 aliphatic heterocycles. The number of guanidine groups is 1. The Morgan fingerprint density at radius 2 is 1.79 bits per heavy atom. The van der Waals surface area contributed by atoms with Crippen LogP contribution in [0.3, 0.4) is 0 Å². The number of para-hydroxylation sites is 1. The molecule has 0 aliphatic carbocycles. The van der Waals surface area contributed by atoms with E-state index in [0.29, 0.717) is 10.7 Å². The molecule has 3 N–H and O–H groups in total. The summed E-state index contributed by atoms with van der Waals surface area (Å²) >= 11 is 5.82. The van der Waals surface area contributed by atoms with Gasteiger partial charge >= 0.3 is 0 Å². The van der Waals surface area contributed by atoms with E-state index in [2.05, 4.69) is 20.9 Å². The van der Waals surface area contributed by atoms with Gasteiger partial charge in [-0.2, -0.15) is 0 Å². The van der Waals surface area contributed by atoms with E-state index in [9.17, 15) is 9.59 Å².